The van der Waals surface area contributed by atoms with E-state index in [1.54, 1.807) is 4.90 Å². The molecule has 8 nitrogen and oxygen atoms in total. The number of amides is 2. The van der Waals surface area contributed by atoms with Crippen molar-refractivity contribution in [2.75, 3.05) is 32.7 Å². The SMILES string of the molecule is CC(C)(C)NC(=O)C[NH+]1CCN(C(=O)c2ccc([N+](=O)[O-])cc2)CC1. The van der Waals surface area contributed by atoms with Gasteiger partial charge in [0.25, 0.3) is 17.5 Å². The van der Waals surface area contributed by atoms with Gasteiger partial charge in [0.1, 0.15) is 0 Å². The van der Waals surface area contributed by atoms with Crippen LogP contribution in [-0.4, -0.2) is 59.9 Å². The average Bonchev–Trinajstić information content (AvgIpc) is 2.53. The molecule has 0 spiro atoms. The minimum absolute atomic E-state index is 0.0117. The number of piperazine rings is 1. The zero-order valence-electron chi connectivity index (χ0n) is 14.9. The molecule has 2 amide bonds. The topological polar surface area (TPSA) is 97.0 Å². The van der Waals surface area contributed by atoms with E-state index in [1.807, 2.05) is 20.8 Å². The highest BCUT2D eigenvalue weighted by atomic mass is 16.6. The van der Waals surface area contributed by atoms with Crippen LogP contribution in [0.5, 0.6) is 0 Å². The first-order valence-electron chi connectivity index (χ1n) is 8.34. The second kappa shape index (κ2) is 7.60. The van der Waals surface area contributed by atoms with E-state index in [0.717, 1.165) is 4.90 Å². The lowest BCUT2D eigenvalue weighted by molar-refractivity contribution is -0.896. The molecule has 0 atom stereocenters. The number of quaternary nitrogens is 1. The Morgan fingerprint density at radius 3 is 2.24 bits per heavy atom. The number of nitro groups is 1. The van der Waals surface area contributed by atoms with Crippen molar-refractivity contribution in [3.05, 3.63) is 39.9 Å². The third-order valence-electron chi connectivity index (χ3n) is 4.01. The molecule has 1 fully saturated rings. The van der Waals surface area contributed by atoms with Crippen molar-refractivity contribution >= 4 is 17.5 Å². The van der Waals surface area contributed by atoms with E-state index < -0.39 is 4.92 Å². The number of carbonyl (C=O) groups is 2. The molecule has 0 saturated carbocycles. The smallest absolute Gasteiger partial charge is 0.275 e. The predicted molar refractivity (Wildman–Crippen MR) is 92.5 cm³/mol. The third-order valence-corrected chi connectivity index (χ3v) is 4.01. The summed E-state index contributed by atoms with van der Waals surface area (Å²) in [4.78, 5) is 37.5. The average molecular weight is 349 g/mol. The summed E-state index contributed by atoms with van der Waals surface area (Å²) in [5, 5.41) is 13.6. The molecule has 1 aromatic rings. The Morgan fingerprint density at radius 1 is 1.20 bits per heavy atom. The van der Waals surface area contributed by atoms with Crippen molar-refractivity contribution in [3.8, 4) is 0 Å². The first-order chi connectivity index (χ1) is 11.7. The maximum Gasteiger partial charge on any atom is 0.275 e. The number of hydrogen-bond donors (Lipinski definition) is 2. The van der Waals surface area contributed by atoms with Crippen LogP contribution in [0.1, 0.15) is 31.1 Å². The summed E-state index contributed by atoms with van der Waals surface area (Å²) >= 11 is 0. The fourth-order valence-electron chi connectivity index (χ4n) is 2.80. The van der Waals surface area contributed by atoms with Gasteiger partial charge in [0.2, 0.25) is 0 Å². The summed E-state index contributed by atoms with van der Waals surface area (Å²) in [5.41, 5.74) is 0.166. The Hall–Kier alpha value is -2.48. The van der Waals surface area contributed by atoms with Crippen molar-refractivity contribution in [2.45, 2.75) is 26.3 Å². The highest BCUT2D eigenvalue weighted by Gasteiger charge is 2.27. The Labute approximate surface area is 146 Å². The molecule has 0 unspecified atom stereocenters. The summed E-state index contributed by atoms with van der Waals surface area (Å²) < 4.78 is 0. The van der Waals surface area contributed by atoms with Gasteiger partial charge in [-0.05, 0) is 32.9 Å². The molecule has 1 aliphatic rings. The zero-order valence-corrected chi connectivity index (χ0v) is 14.9. The van der Waals surface area contributed by atoms with Gasteiger partial charge in [0.05, 0.1) is 31.1 Å². The summed E-state index contributed by atoms with van der Waals surface area (Å²) in [6, 6.07) is 5.64. The van der Waals surface area contributed by atoms with E-state index in [-0.39, 0.29) is 23.0 Å². The molecule has 8 heteroatoms. The number of benzene rings is 1. The van der Waals surface area contributed by atoms with Gasteiger partial charge in [-0.3, -0.25) is 19.7 Å². The van der Waals surface area contributed by atoms with Gasteiger partial charge in [-0.15, -0.1) is 0 Å². The molecule has 1 aliphatic heterocycles. The monoisotopic (exact) mass is 349 g/mol. The van der Waals surface area contributed by atoms with Crippen molar-refractivity contribution in [1.82, 2.24) is 10.2 Å². The van der Waals surface area contributed by atoms with Crippen molar-refractivity contribution in [2.24, 2.45) is 0 Å². The van der Waals surface area contributed by atoms with Crippen LogP contribution in [0.4, 0.5) is 5.69 Å². The number of carbonyl (C=O) groups excluding carboxylic acids is 2. The molecule has 25 heavy (non-hydrogen) atoms. The quantitative estimate of drug-likeness (QED) is 0.584. The zero-order chi connectivity index (χ0) is 18.6. The largest absolute Gasteiger partial charge is 0.347 e. The van der Waals surface area contributed by atoms with E-state index in [4.69, 9.17) is 0 Å². The van der Waals surface area contributed by atoms with Crippen molar-refractivity contribution < 1.29 is 19.4 Å². The fraction of sp³-hybridized carbons (Fsp3) is 0.529. The minimum Gasteiger partial charge on any atom is -0.347 e. The van der Waals surface area contributed by atoms with Gasteiger partial charge in [0, 0.05) is 23.2 Å². The Bertz CT molecular complexity index is 644. The van der Waals surface area contributed by atoms with E-state index in [1.165, 1.54) is 24.3 Å². The maximum absolute atomic E-state index is 12.5. The molecule has 0 radical (unpaired) electrons. The number of rotatable bonds is 4. The number of non-ortho nitro benzene ring substituents is 1. The van der Waals surface area contributed by atoms with Gasteiger partial charge in [0.15, 0.2) is 6.54 Å². The summed E-state index contributed by atoms with van der Waals surface area (Å²) in [6.07, 6.45) is 0. The van der Waals surface area contributed by atoms with Crippen LogP contribution in [0.25, 0.3) is 0 Å². The van der Waals surface area contributed by atoms with Crippen LogP contribution in [0.15, 0.2) is 24.3 Å². The van der Waals surface area contributed by atoms with Crippen LogP contribution in [0, 0.1) is 10.1 Å². The van der Waals surface area contributed by atoms with Gasteiger partial charge in [-0.25, -0.2) is 0 Å². The maximum atomic E-state index is 12.5. The van der Waals surface area contributed by atoms with E-state index >= 15 is 0 Å². The van der Waals surface area contributed by atoms with Crippen LogP contribution < -0.4 is 10.2 Å². The lowest BCUT2D eigenvalue weighted by Gasteiger charge is -2.32. The Morgan fingerprint density at radius 2 is 1.76 bits per heavy atom. The minimum atomic E-state index is -0.487. The van der Waals surface area contributed by atoms with Gasteiger partial charge >= 0.3 is 0 Å². The molecule has 0 aromatic heterocycles. The molecule has 0 aliphatic carbocycles. The predicted octanol–water partition coefficient (Wildman–Crippen LogP) is -0.150. The lowest BCUT2D eigenvalue weighted by atomic mass is 10.1. The second-order valence-corrected chi connectivity index (χ2v) is 7.32. The third kappa shape index (κ3) is 5.53. The van der Waals surface area contributed by atoms with Gasteiger partial charge in [-0.1, -0.05) is 0 Å². The molecule has 2 N–H and O–H groups in total. The molecular formula is C17H25N4O4+. The van der Waals surface area contributed by atoms with E-state index in [0.29, 0.717) is 38.3 Å². The van der Waals surface area contributed by atoms with Crippen LogP contribution in [0.2, 0.25) is 0 Å². The standard InChI is InChI=1S/C17H24N4O4/c1-17(2,3)18-15(22)12-19-8-10-20(11-9-19)16(23)13-4-6-14(7-5-13)21(24)25/h4-7H,8-12H2,1-3H3,(H,18,22)/p+1. The molecule has 1 saturated heterocycles. The summed E-state index contributed by atoms with van der Waals surface area (Å²) in [5.74, 6) is -0.120. The van der Waals surface area contributed by atoms with Gasteiger partial charge in [-0.2, -0.15) is 0 Å². The Balaban J connectivity index is 1.86. The molecule has 1 aromatic carbocycles. The van der Waals surface area contributed by atoms with Crippen molar-refractivity contribution in [3.63, 3.8) is 0 Å². The van der Waals surface area contributed by atoms with Crippen LogP contribution in [-0.2, 0) is 4.79 Å². The lowest BCUT2D eigenvalue weighted by Crippen LogP contribution is -3.16. The second-order valence-electron chi connectivity index (χ2n) is 7.32. The van der Waals surface area contributed by atoms with Gasteiger partial charge < -0.3 is 15.1 Å². The first-order valence-corrected chi connectivity index (χ1v) is 8.34. The molecule has 1 heterocycles. The highest BCUT2D eigenvalue weighted by Crippen LogP contribution is 2.13. The Kier molecular flexibility index (Phi) is 5.73. The molecule has 2 rings (SSSR count). The van der Waals surface area contributed by atoms with Crippen LogP contribution >= 0.6 is 0 Å². The molecular weight excluding hydrogens is 324 g/mol. The molecule has 0 bridgehead atoms. The molecule has 136 valence electrons. The van der Waals surface area contributed by atoms with Crippen molar-refractivity contribution in [1.29, 1.82) is 0 Å². The van der Waals surface area contributed by atoms with E-state index in [2.05, 4.69) is 5.32 Å². The van der Waals surface area contributed by atoms with E-state index in [9.17, 15) is 19.7 Å². The number of hydrogen-bond acceptors (Lipinski definition) is 4. The number of nitrogens with zero attached hydrogens (tertiary/aromatic N) is 2. The number of nitro benzene ring substituents is 1. The summed E-state index contributed by atoms with van der Waals surface area (Å²) in [7, 11) is 0. The number of nitrogens with one attached hydrogen (secondary N) is 2. The van der Waals surface area contributed by atoms with Crippen LogP contribution in [0.3, 0.4) is 0 Å². The fourth-order valence-corrected chi connectivity index (χ4v) is 2.80. The highest BCUT2D eigenvalue weighted by molar-refractivity contribution is 5.94. The summed E-state index contributed by atoms with van der Waals surface area (Å²) in [6.45, 7) is 8.77. The first kappa shape index (κ1) is 18.9. The normalized spacial score (nSPS) is 15.7.